The fraction of sp³-hybridized carbons (Fsp3) is 1.00. The van der Waals surface area contributed by atoms with Gasteiger partial charge >= 0.3 is 14.5 Å². The van der Waals surface area contributed by atoms with Crippen LogP contribution in [-0.2, 0) is 8.53 Å². The summed E-state index contributed by atoms with van der Waals surface area (Å²) in [6.07, 6.45) is 2.19. The molecule has 0 aromatic carbocycles. The minimum atomic E-state index is -0.903. The van der Waals surface area contributed by atoms with Crippen LogP contribution < -0.4 is 0 Å². The Hall–Kier alpha value is 0.452. The maximum Gasteiger partial charge on any atom is 0.455 e. The minimum Gasteiger partial charge on any atom is -0.478 e. The monoisotopic (exact) mass is 160 g/mol. The molecule has 0 saturated heterocycles. The van der Waals surface area contributed by atoms with Crippen molar-refractivity contribution in [2.24, 2.45) is 0 Å². The Bertz CT molecular complexity index is 76.0. The van der Waals surface area contributed by atoms with E-state index in [2.05, 4.69) is 18.5 Å². The first-order valence-electron chi connectivity index (χ1n) is 3.89. The van der Waals surface area contributed by atoms with Crippen LogP contribution in [0.1, 0.15) is 19.8 Å². The Morgan fingerprint density at radius 3 is 2.30 bits per heavy atom. The molecule has 10 heavy (non-hydrogen) atoms. The van der Waals surface area contributed by atoms with Gasteiger partial charge < -0.3 is 8.53 Å². The van der Waals surface area contributed by atoms with Gasteiger partial charge in [0.15, 0.2) is 0 Å². The molecule has 0 bridgehead atoms. The second kappa shape index (κ2) is 6.18. The second-order valence-electron chi connectivity index (χ2n) is 2.64. The summed E-state index contributed by atoms with van der Waals surface area (Å²) in [4.78, 5) is 0. The SMILES string of the molecule is CCCC(OC)[O][Al]([CH3])[CH3]. The zero-order valence-corrected chi connectivity index (χ0v) is 8.54. The molecule has 1 unspecified atom stereocenters. The summed E-state index contributed by atoms with van der Waals surface area (Å²) in [5.41, 5.74) is 0. The summed E-state index contributed by atoms with van der Waals surface area (Å²) in [5.74, 6) is 4.31. The van der Waals surface area contributed by atoms with Crippen molar-refractivity contribution >= 4 is 14.5 Å². The molecule has 0 amide bonds. The molecule has 0 saturated carbocycles. The highest BCUT2D eigenvalue weighted by molar-refractivity contribution is 6.48. The highest BCUT2D eigenvalue weighted by atomic mass is 27.2. The molecule has 0 radical (unpaired) electrons. The van der Waals surface area contributed by atoms with Crippen molar-refractivity contribution < 1.29 is 8.53 Å². The maximum absolute atomic E-state index is 5.56. The highest BCUT2D eigenvalue weighted by Gasteiger charge is 2.11. The van der Waals surface area contributed by atoms with Gasteiger partial charge in [-0.05, 0) is 6.42 Å². The third kappa shape index (κ3) is 5.25. The maximum atomic E-state index is 5.56. The Labute approximate surface area is 68.2 Å². The largest absolute Gasteiger partial charge is 0.478 e. The van der Waals surface area contributed by atoms with Crippen molar-refractivity contribution in [1.29, 1.82) is 0 Å². The Kier molecular flexibility index (Phi) is 6.46. The molecule has 0 spiro atoms. The third-order valence-corrected chi connectivity index (χ3v) is 2.06. The average Bonchev–Trinajstić information content (AvgIpc) is 1.86. The summed E-state index contributed by atoms with van der Waals surface area (Å²) in [6.45, 7) is 2.14. The molecule has 1 atom stereocenters. The van der Waals surface area contributed by atoms with Crippen LogP contribution in [0.25, 0.3) is 0 Å². The number of hydrogen-bond donors (Lipinski definition) is 0. The van der Waals surface area contributed by atoms with Gasteiger partial charge in [-0.2, -0.15) is 0 Å². The molecule has 0 N–H and O–H groups in total. The molecular formula is C7H17AlO2. The molecule has 0 aliphatic heterocycles. The molecule has 0 rings (SSSR count). The van der Waals surface area contributed by atoms with Crippen LogP contribution in [0, 0.1) is 0 Å². The van der Waals surface area contributed by atoms with Crippen LogP contribution in [0.5, 0.6) is 0 Å². The summed E-state index contributed by atoms with van der Waals surface area (Å²) >= 11 is -0.903. The lowest BCUT2D eigenvalue weighted by Gasteiger charge is -2.17. The van der Waals surface area contributed by atoms with Gasteiger partial charge in [0.1, 0.15) is 6.29 Å². The lowest BCUT2D eigenvalue weighted by atomic mass is 10.3. The third-order valence-electron chi connectivity index (χ3n) is 1.21. The lowest BCUT2D eigenvalue weighted by Crippen LogP contribution is -2.21. The highest BCUT2D eigenvalue weighted by Crippen LogP contribution is 2.03. The van der Waals surface area contributed by atoms with Crippen LogP contribution in [0.3, 0.4) is 0 Å². The quantitative estimate of drug-likeness (QED) is 0.452. The van der Waals surface area contributed by atoms with Gasteiger partial charge in [-0.15, -0.1) is 0 Å². The van der Waals surface area contributed by atoms with Crippen molar-refractivity contribution in [3.8, 4) is 0 Å². The first-order chi connectivity index (χ1) is 4.70. The fourth-order valence-corrected chi connectivity index (χ4v) is 1.64. The van der Waals surface area contributed by atoms with Gasteiger partial charge in [0, 0.05) is 7.11 Å². The van der Waals surface area contributed by atoms with E-state index in [1.165, 1.54) is 0 Å². The summed E-state index contributed by atoms with van der Waals surface area (Å²) < 4.78 is 10.7. The predicted octanol–water partition coefficient (Wildman–Crippen LogP) is 2.03. The Balaban J connectivity index is 3.39. The van der Waals surface area contributed by atoms with Crippen molar-refractivity contribution in [3.63, 3.8) is 0 Å². The second-order valence-corrected chi connectivity index (χ2v) is 5.01. The molecule has 60 valence electrons. The lowest BCUT2D eigenvalue weighted by molar-refractivity contribution is -0.0602. The zero-order chi connectivity index (χ0) is 7.98. The first-order valence-corrected chi connectivity index (χ1v) is 6.67. The number of methoxy groups -OCH3 is 1. The predicted molar refractivity (Wildman–Crippen MR) is 44.3 cm³/mol. The van der Waals surface area contributed by atoms with Gasteiger partial charge in [-0.25, -0.2) is 0 Å². The van der Waals surface area contributed by atoms with E-state index in [4.69, 9.17) is 8.53 Å². The molecule has 0 heterocycles. The van der Waals surface area contributed by atoms with Crippen molar-refractivity contribution in [2.75, 3.05) is 7.11 Å². The molecule has 0 fully saturated rings. The zero-order valence-electron chi connectivity index (χ0n) is 7.39. The fourth-order valence-electron chi connectivity index (χ4n) is 0.781. The minimum absolute atomic E-state index is 0.0525. The first kappa shape index (κ1) is 10.5. The number of rotatable bonds is 5. The number of hydrogen-bond acceptors (Lipinski definition) is 2. The Morgan fingerprint density at radius 2 is 2.00 bits per heavy atom. The van der Waals surface area contributed by atoms with Gasteiger partial charge in [-0.1, -0.05) is 24.9 Å². The van der Waals surface area contributed by atoms with Crippen LogP contribution >= 0.6 is 0 Å². The average molecular weight is 160 g/mol. The van der Waals surface area contributed by atoms with Crippen molar-refractivity contribution in [2.45, 2.75) is 37.6 Å². The van der Waals surface area contributed by atoms with Gasteiger partial charge in [0.05, 0.1) is 0 Å². The van der Waals surface area contributed by atoms with Crippen LogP contribution in [0.2, 0.25) is 11.6 Å². The van der Waals surface area contributed by atoms with E-state index in [9.17, 15) is 0 Å². The molecule has 2 nitrogen and oxygen atoms in total. The molecule has 0 aliphatic carbocycles. The summed E-state index contributed by atoms with van der Waals surface area (Å²) in [7, 11) is 1.71. The summed E-state index contributed by atoms with van der Waals surface area (Å²) in [5, 5.41) is 0. The van der Waals surface area contributed by atoms with Gasteiger partial charge in [-0.3, -0.25) is 0 Å². The Morgan fingerprint density at radius 1 is 1.40 bits per heavy atom. The molecular weight excluding hydrogens is 143 g/mol. The normalized spacial score (nSPS) is 13.2. The van der Waals surface area contributed by atoms with E-state index in [0.717, 1.165) is 12.8 Å². The van der Waals surface area contributed by atoms with Crippen LogP contribution in [0.15, 0.2) is 0 Å². The van der Waals surface area contributed by atoms with Crippen LogP contribution in [0.4, 0.5) is 0 Å². The van der Waals surface area contributed by atoms with Gasteiger partial charge in [0.2, 0.25) is 0 Å². The van der Waals surface area contributed by atoms with E-state index < -0.39 is 14.5 Å². The number of ether oxygens (including phenoxy) is 1. The van der Waals surface area contributed by atoms with E-state index in [1.54, 1.807) is 7.11 Å². The van der Waals surface area contributed by atoms with E-state index in [-0.39, 0.29) is 6.29 Å². The van der Waals surface area contributed by atoms with E-state index in [1.807, 2.05) is 0 Å². The molecule has 0 aliphatic rings. The smallest absolute Gasteiger partial charge is 0.455 e. The van der Waals surface area contributed by atoms with E-state index in [0.29, 0.717) is 0 Å². The molecule has 3 heteroatoms. The molecule has 0 aromatic rings. The van der Waals surface area contributed by atoms with Crippen molar-refractivity contribution in [3.05, 3.63) is 0 Å². The standard InChI is InChI=1S/C5H11O2.2CH3.Al/c1-3-4-5(6)7-2;;;/h5H,3-4H2,1-2H3;2*1H3;/q-1;;;+1. The van der Waals surface area contributed by atoms with Gasteiger partial charge in [0.25, 0.3) is 0 Å². The van der Waals surface area contributed by atoms with E-state index >= 15 is 0 Å². The summed E-state index contributed by atoms with van der Waals surface area (Å²) in [6, 6.07) is 0. The van der Waals surface area contributed by atoms with Crippen molar-refractivity contribution in [1.82, 2.24) is 0 Å². The molecule has 0 aromatic heterocycles. The topological polar surface area (TPSA) is 18.5 Å². The van der Waals surface area contributed by atoms with Crippen LogP contribution in [-0.4, -0.2) is 27.9 Å².